The number of carboxylic acid groups (broad SMARTS) is 1. The van der Waals surface area contributed by atoms with Gasteiger partial charge in [-0.2, -0.15) is 0 Å². The second-order valence-electron chi connectivity index (χ2n) is 4.52. The Kier molecular flexibility index (Phi) is 6.39. The normalized spacial score (nSPS) is 12.1. The van der Waals surface area contributed by atoms with Crippen LogP contribution in [0.1, 0.15) is 25.8 Å². The van der Waals surface area contributed by atoms with Crippen molar-refractivity contribution in [2.24, 2.45) is 0 Å². The topological polar surface area (TPSA) is 75.6 Å². The number of benzene rings is 1. The Morgan fingerprint density at radius 3 is 2.81 bits per heavy atom. The second-order valence-corrected chi connectivity index (χ2v) is 4.52. The lowest BCUT2D eigenvalue weighted by molar-refractivity contribution is -0.131. The molecule has 1 amide bonds. The zero-order valence-electron chi connectivity index (χ0n) is 11.9. The molecule has 0 saturated carbocycles. The largest absolute Gasteiger partial charge is 0.483 e. The van der Waals surface area contributed by atoms with Gasteiger partial charge in [0.25, 0.3) is 5.91 Å². The van der Waals surface area contributed by atoms with Crippen LogP contribution < -0.4 is 10.1 Å². The first-order valence-electron chi connectivity index (χ1n) is 6.55. The van der Waals surface area contributed by atoms with Gasteiger partial charge in [0.15, 0.2) is 6.61 Å². The molecular weight excluding hydrogens is 277 g/mol. The van der Waals surface area contributed by atoms with Crippen molar-refractivity contribution in [2.75, 3.05) is 6.61 Å². The van der Waals surface area contributed by atoms with Crippen molar-refractivity contribution in [2.45, 2.75) is 26.3 Å². The Balaban J connectivity index is 2.74. The molecule has 0 bridgehead atoms. The quantitative estimate of drug-likeness (QED) is 0.756. The molecule has 1 aromatic carbocycles. The monoisotopic (exact) mass is 295 g/mol. The summed E-state index contributed by atoms with van der Waals surface area (Å²) in [5.74, 6) is -1.72. The van der Waals surface area contributed by atoms with Gasteiger partial charge in [-0.1, -0.05) is 6.92 Å². The molecule has 0 aliphatic carbocycles. The van der Waals surface area contributed by atoms with Gasteiger partial charge in [0, 0.05) is 17.7 Å². The maximum atomic E-state index is 13.2. The lowest BCUT2D eigenvalue weighted by Gasteiger charge is -2.13. The number of hydrogen-bond donors (Lipinski definition) is 2. The highest BCUT2D eigenvalue weighted by molar-refractivity contribution is 5.86. The Morgan fingerprint density at radius 1 is 1.48 bits per heavy atom. The minimum atomic E-state index is -1.15. The number of aliphatic carboxylic acids is 1. The summed E-state index contributed by atoms with van der Waals surface area (Å²) < 4.78 is 18.5. The molecule has 1 aromatic rings. The molecule has 0 spiro atoms. The van der Waals surface area contributed by atoms with Crippen LogP contribution in [0.15, 0.2) is 24.3 Å². The molecule has 21 heavy (non-hydrogen) atoms. The first-order valence-corrected chi connectivity index (χ1v) is 6.55. The van der Waals surface area contributed by atoms with Crippen molar-refractivity contribution >= 4 is 18.0 Å². The number of amides is 1. The van der Waals surface area contributed by atoms with Crippen LogP contribution in [0.5, 0.6) is 5.75 Å². The third kappa shape index (κ3) is 6.07. The lowest BCUT2D eigenvalue weighted by atomic mass is 10.2. The van der Waals surface area contributed by atoms with Crippen LogP contribution in [0.25, 0.3) is 6.08 Å². The van der Waals surface area contributed by atoms with Crippen LogP contribution in [-0.2, 0) is 9.59 Å². The van der Waals surface area contributed by atoms with Crippen LogP contribution >= 0.6 is 0 Å². The molecule has 0 aliphatic rings. The van der Waals surface area contributed by atoms with Crippen LogP contribution in [-0.4, -0.2) is 29.6 Å². The number of nitrogens with one attached hydrogen (secondary N) is 1. The molecule has 1 unspecified atom stereocenters. The first kappa shape index (κ1) is 16.7. The number of carbonyl (C=O) groups excluding carboxylic acids is 1. The molecule has 0 fully saturated rings. The summed E-state index contributed by atoms with van der Waals surface area (Å²) in [6.07, 6.45) is 2.89. The van der Waals surface area contributed by atoms with Gasteiger partial charge in [-0.25, -0.2) is 9.18 Å². The predicted molar refractivity (Wildman–Crippen MR) is 76.5 cm³/mol. The zero-order valence-corrected chi connectivity index (χ0v) is 11.9. The van der Waals surface area contributed by atoms with Gasteiger partial charge >= 0.3 is 5.97 Å². The highest BCUT2D eigenvalue weighted by Crippen LogP contribution is 2.21. The molecule has 114 valence electrons. The molecule has 1 rings (SSSR count). The third-order valence-electron chi connectivity index (χ3n) is 2.76. The van der Waals surface area contributed by atoms with Gasteiger partial charge in [0.1, 0.15) is 11.6 Å². The van der Waals surface area contributed by atoms with Gasteiger partial charge in [0.2, 0.25) is 0 Å². The van der Waals surface area contributed by atoms with Crippen LogP contribution in [0.4, 0.5) is 4.39 Å². The molecular formula is C15H18FNO4. The molecule has 0 radical (unpaired) electrons. The van der Waals surface area contributed by atoms with Crippen molar-refractivity contribution in [3.8, 4) is 5.75 Å². The van der Waals surface area contributed by atoms with Crippen LogP contribution in [0.3, 0.4) is 0 Å². The van der Waals surface area contributed by atoms with E-state index in [9.17, 15) is 14.0 Å². The predicted octanol–water partition coefficient (Wildman–Crippen LogP) is 2.22. The maximum absolute atomic E-state index is 13.2. The SMILES string of the molecule is CCC(C)NC(=O)COc1ccc(F)cc1/C=C/C(=O)O. The van der Waals surface area contributed by atoms with Crippen LogP contribution in [0, 0.1) is 5.82 Å². The summed E-state index contributed by atoms with van der Waals surface area (Å²) in [5.41, 5.74) is 0.258. The molecule has 2 N–H and O–H groups in total. The van der Waals surface area contributed by atoms with E-state index in [1.54, 1.807) is 0 Å². The highest BCUT2D eigenvalue weighted by Gasteiger charge is 2.09. The first-order chi connectivity index (χ1) is 9.92. The fraction of sp³-hybridized carbons (Fsp3) is 0.333. The summed E-state index contributed by atoms with van der Waals surface area (Å²) in [5, 5.41) is 11.3. The maximum Gasteiger partial charge on any atom is 0.328 e. The Bertz CT molecular complexity index is 542. The number of carboxylic acids is 1. The Hall–Kier alpha value is -2.37. The fourth-order valence-corrected chi connectivity index (χ4v) is 1.50. The van der Waals surface area contributed by atoms with Gasteiger partial charge in [0.05, 0.1) is 0 Å². The Morgan fingerprint density at radius 2 is 2.19 bits per heavy atom. The van der Waals surface area contributed by atoms with Gasteiger partial charge in [-0.15, -0.1) is 0 Å². The molecule has 6 heteroatoms. The Labute approximate surface area is 122 Å². The molecule has 1 atom stereocenters. The number of halogens is 1. The molecule has 5 nitrogen and oxygen atoms in total. The van der Waals surface area contributed by atoms with E-state index in [1.807, 2.05) is 13.8 Å². The zero-order chi connectivity index (χ0) is 15.8. The lowest BCUT2D eigenvalue weighted by Crippen LogP contribution is -2.35. The number of carbonyl (C=O) groups is 2. The molecule has 0 aliphatic heterocycles. The minimum Gasteiger partial charge on any atom is -0.483 e. The number of rotatable bonds is 7. The van der Waals surface area contributed by atoms with E-state index in [2.05, 4.69) is 5.32 Å². The van der Waals surface area contributed by atoms with E-state index in [0.29, 0.717) is 0 Å². The standard InChI is InChI=1S/C15H18FNO4/c1-3-10(2)17-14(18)9-21-13-6-5-12(16)8-11(13)4-7-15(19)20/h4-8,10H,3,9H2,1-2H3,(H,17,18)(H,19,20)/b7-4+. The second kappa shape index (κ2) is 8.04. The summed E-state index contributed by atoms with van der Waals surface area (Å²) >= 11 is 0. The van der Waals surface area contributed by atoms with E-state index in [0.717, 1.165) is 18.6 Å². The molecule has 0 aromatic heterocycles. The van der Waals surface area contributed by atoms with E-state index >= 15 is 0 Å². The van der Waals surface area contributed by atoms with E-state index in [4.69, 9.17) is 9.84 Å². The fourth-order valence-electron chi connectivity index (χ4n) is 1.50. The number of hydrogen-bond acceptors (Lipinski definition) is 3. The van der Waals surface area contributed by atoms with Crippen molar-refractivity contribution in [3.63, 3.8) is 0 Å². The van der Waals surface area contributed by atoms with Crippen LogP contribution in [0.2, 0.25) is 0 Å². The summed E-state index contributed by atoms with van der Waals surface area (Å²) in [6, 6.07) is 3.72. The van der Waals surface area contributed by atoms with E-state index in [-0.39, 0.29) is 29.9 Å². The summed E-state index contributed by atoms with van der Waals surface area (Å²) in [7, 11) is 0. The number of ether oxygens (including phenoxy) is 1. The van der Waals surface area contributed by atoms with Gasteiger partial charge < -0.3 is 15.2 Å². The highest BCUT2D eigenvalue weighted by atomic mass is 19.1. The minimum absolute atomic E-state index is 0.0423. The van der Waals surface area contributed by atoms with Crippen molar-refractivity contribution in [3.05, 3.63) is 35.7 Å². The summed E-state index contributed by atoms with van der Waals surface area (Å²) in [4.78, 5) is 22.1. The smallest absolute Gasteiger partial charge is 0.328 e. The van der Waals surface area contributed by atoms with E-state index < -0.39 is 11.8 Å². The van der Waals surface area contributed by atoms with E-state index in [1.165, 1.54) is 18.2 Å². The average Bonchev–Trinajstić information content (AvgIpc) is 2.43. The van der Waals surface area contributed by atoms with Crippen molar-refractivity contribution in [1.29, 1.82) is 0 Å². The summed E-state index contributed by atoms with van der Waals surface area (Å²) in [6.45, 7) is 3.60. The third-order valence-corrected chi connectivity index (χ3v) is 2.76. The van der Waals surface area contributed by atoms with Crippen molar-refractivity contribution in [1.82, 2.24) is 5.32 Å². The van der Waals surface area contributed by atoms with Gasteiger partial charge in [-0.3, -0.25) is 4.79 Å². The molecule has 0 saturated heterocycles. The van der Waals surface area contributed by atoms with Crippen molar-refractivity contribution < 1.29 is 23.8 Å². The van der Waals surface area contributed by atoms with Gasteiger partial charge in [-0.05, 0) is 37.6 Å². The molecule has 0 heterocycles. The average molecular weight is 295 g/mol.